The second-order valence-electron chi connectivity index (χ2n) is 9.86. The maximum Gasteiger partial charge on any atom is 0.161 e. The summed E-state index contributed by atoms with van der Waals surface area (Å²) in [6.45, 7) is 10.8. The zero-order chi connectivity index (χ0) is 23.5. The number of benzene rings is 1. The summed E-state index contributed by atoms with van der Waals surface area (Å²) in [6, 6.07) is 5.94. The van der Waals surface area contributed by atoms with Gasteiger partial charge in [0.2, 0.25) is 0 Å². The lowest BCUT2D eigenvalue weighted by Gasteiger charge is -2.34. The third-order valence-corrected chi connectivity index (χ3v) is 6.67. The van der Waals surface area contributed by atoms with Gasteiger partial charge in [0.1, 0.15) is 0 Å². The fraction of sp³-hybridized carbons (Fsp3) is 0.769. The van der Waals surface area contributed by atoms with Gasteiger partial charge in [-0.1, -0.05) is 26.8 Å². The van der Waals surface area contributed by atoms with Gasteiger partial charge in [-0.3, -0.25) is 0 Å². The van der Waals surface area contributed by atoms with E-state index in [1.807, 2.05) is 6.07 Å². The van der Waals surface area contributed by atoms with Crippen LogP contribution in [-0.2, 0) is 11.2 Å². The third-order valence-electron chi connectivity index (χ3n) is 6.67. The summed E-state index contributed by atoms with van der Waals surface area (Å²) < 4.78 is 16.5. The van der Waals surface area contributed by atoms with E-state index >= 15 is 0 Å². The number of ether oxygens (including phenoxy) is 3. The van der Waals surface area contributed by atoms with Gasteiger partial charge in [-0.25, -0.2) is 0 Å². The molecule has 2 rings (SSSR count). The fourth-order valence-corrected chi connectivity index (χ4v) is 4.60. The number of nitrogens with zero attached hydrogens (tertiary/aromatic N) is 1. The standard InChI is InChI=1S/C26H46N2O4/c1-19(2)22(16-23(27)24(29)18-28-11-6-8-20(3)17-28)14-21-9-10-25(31-5)26(15-21)32-13-7-12-30-4/h9-10,15,19-20,22-24,29H,6-8,11-14,16-18,27H2,1-5H3/t20?,22-,23-,24-/m0/s1. The first-order valence-electron chi connectivity index (χ1n) is 12.3. The number of piperidine rings is 1. The molecule has 1 saturated heterocycles. The molecule has 0 amide bonds. The number of hydrogen-bond donors (Lipinski definition) is 2. The van der Waals surface area contributed by atoms with E-state index in [0.717, 1.165) is 43.9 Å². The van der Waals surface area contributed by atoms with Gasteiger partial charge in [-0.2, -0.15) is 0 Å². The first-order valence-corrected chi connectivity index (χ1v) is 12.3. The summed E-state index contributed by atoms with van der Waals surface area (Å²) in [6.07, 6.45) is 4.55. The van der Waals surface area contributed by atoms with Gasteiger partial charge >= 0.3 is 0 Å². The van der Waals surface area contributed by atoms with Crippen molar-refractivity contribution in [3.8, 4) is 11.5 Å². The van der Waals surface area contributed by atoms with Crippen LogP contribution in [0.25, 0.3) is 0 Å². The summed E-state index contributed by atoms with van der Waals surface area (Å²) in [5, 5.41) is 10.8. The van der Waals surface area contributed by atoms with E-state index in [0.29, 0.717) is 37.5 Å². The van der Waals surface area contributed by atoms with Crippen LogP contribution >= 0.6 is 0 Å². The molecular weight excluding hydrogens is 404 g/mol. The van der Waals surface area contributed by atoms with Crippen LogP contribution in [0.1, 0.15) is 52.0 Å². The van der Waals surface area contributed by atoms with Crippen LogP contribution in [0.2, 0.25) is 0 Å². The monoisotopic (exact) mass is 450 g/mol. The first kappa shape index (κ1) is 26.9. The highest BCUT2D eigenvalue weighted by molar-refractivity contribution is 5.43. The predicted molar refractivity (Wildman–Crippen MR) is 130 cm³/mol. The van der Waals surface area contributed by atoms with Crippen molar-refractivity contribution < 1.29 is 19.3 Å². The molecule has 0 radical (unpaired) electrons. The Morgan fingerprint density at radius 3 is 2.62 bits per heavy atom. The normalized spacial score (nSPS) is 20.2. The Bertz CT molecular complexity index is 655. The van der Waals surface area contributed by atoms with E-state index in [9.17, 15) is 5.11 Å². The van der Waals surface area contributed by atoms with Gasteiger partial charge in [-0.05, 0) is 67.7 Å². The molecule has 4 atom stereocenters. The van der Waals surface area contributed by atoms with Gasteiger partial charge < -0.3 is 30.0 Å². The molecule has 6 nitrogen and oxygen atoms in total. The molecule has 1 fully saturated rings. The lowest BCUT2D eigenvalue weighted by Crippen LogP contribution is -2.47. The minimum absolute atomic E-state index is 0.220. The number of aliphatic hydroxyl groups is 1. The van der Waals surface area contributed by atoms with Crippen molar-refractivity contribution in [1.82, 2.24) is 4.90 Å². The summed E-state index contributed by atoms with van der Waals surface area (Å²) in [5.74, 6) is 3.07. The number of rotatable bonds is 14. The molecule has 0 aliphatic carbocycles. The molecule has 6 heteroatoms. The Labute approximate surface area is 195 Å². The maximum atomic E-state index is 10.8. The molecule has 32 heavy (non-hydrogen) atoms. The minimum atomic E-state index is -0.489. The molecule has 1 aromatic rings. The van der Waals surface area contributed by atoms with Gasteiger partial charge in [0, 0.05) is 39.3 Å². The average Bonchev–Trinajstić information content (AvgIpc) is 2.76. The molecular formula is C26H46N2O4. The highest BCUT2D eigenvalue weighted by Gasteiger charge is 2.26. The van der Waals surface area contributed by atoms with Gasteiger partial charge in [0.05, 0.1) is 19.8 Å². The van der Waals surface area contributed by atoms with Crippen molar-refractivity contribution >= 4 is 0 Å². The van der Waals surface area contributed by atoms with Crippen LogP contribution in [0, 0.1) is 17.8 Å². The Morgan fingerprint density at radius 2 is 1.97 bits per heavy atom. The van der Waals surface area contributed by atoms with Crippen molar-refractivity contribution in [3.63, 3.8) is 0 Å². The number of likely N-dealkylation sites (tertiary alicyclic amines) is 1. The molecule has 0 bridgehead atoms. The highest BCUT2D eigenvalue weighted by atomic mass is 16.5. The lowest BCUT2D eigenvalue weighted by atomic mass is 9.83. The zero-order valence-electron chi connectivity index (χ0n) is 20.9. The Morgan fingerprint density at radius 1 is 1.19 bits per heavy atom. The predicted octanol–water partition coefficient (Wildman–Crippen LogP) is 3.74. The second kappa shape index (κ2) is 14.0. The van der Waals surface area contributed by atoms with E-state index in [1.54, 1.807) is 14.2 Å². The summed E-state index contributed by atoms with van der Waals surface area (Å²) in [7, 11) is 3.36. The smallest absolute Gasteiger partial charge is 0.161 e. The summed E-state index contributed by atoms with van der Waals surface area (Å²) >= 11 is 0. The number of methoxy groups -OCH3 is 2. The van der Waals surface area contributed by atoms with Crippen LogP contribution in [0.15, 0.2) is 18.2 Å². The van der Waals surface area contributed by atoms with Crippen LogP contribution < -0.4 is 15.2 Å². The molecule has 1 aliphatic heterocycles. The number of nitrogens with two attached hydrogens (primary N) is 1. The second-order valence-corrected chi connectivity index (χ2v) is 9.86. The molecule has 0 saturated carbocycles. The van der Waals surface area contributed by atoms with Gasteiger partial charge in [0.25, 0.3) is 0 Å². The largest absolute Gasteiger partial charge is 0.493 e. The number of hydrogen-bond acceptors (Lipinski definition) is 6. The third kappa shape index (κ3) is 8.89. The van der Waals surface area contributed by atoms with Crippen molar-refractivity contribution in [2.45, 2.75) is 65.0 Å². The fourth-order valence-electron chi connectivity index (χ4n) is 4.60. The maximum absolute atomic E-state index is 10.8. The Kier molecular flexibility index (Phi) is 11.8. The van der Waals surface area contributed by atoms with E-state index in [4.69, 9.17) is 19.9 Å². The summed E-state index contributed by atoms with van der Waals surface area (Å²) in [5.41, 5.74) is 7.70. The highest BCUT2D eigenvalue weighted by Crippen LogP contribution is 2.31. The van der Waals surface area contributed by atoms with Crippen LogP contribution in [0.5, 0.6) is 11.5 Å². The van der Waals surface area contributed by atoms with Crippen molar-refractivity contribution in [2.24, 2.45) is 23.5 Å². The first-order chi connectivity index (χ1) is 15.3. The van der Waals surface area contributed by atoms with Crippen LogP contribution in [0.3, 0.4) is 0 Å². The van der Waals surface area contributed by atoms with Gasteiger partial charge in [0.15, 0.2) is 11.5 Å². The minimum Gasteiger partial charge on any atom is -0.493 e. The summed E-state index contributed by atoms with van der Waals surface area (Å²) in [4.78, 5) is 2.37. The quantitative estimate of drug-likeness (QED) is 0.421. The Balaban J connectivity index is 1.96. The van der Waals surface area contributed by atoms with E-state index < -0.39 is 6.10 Å². The van der Waals surface area contributed by atoms with E-state index in [-0.39, 0.29) is 6.04 Å². The van der Waals surface area contributed by atoms with Gasteiger partial charge in [-0.15, -0.1) is 0 Å². The van der Waals surface area contributed by atoms with Crippen LogP contribution in [0.4, 0.5) is 0 Å². The Hall–Kier alpha value is -1.34. The lowest BCUT2D eigenvalue weighted by molar-refractivity contribution is 0.0628. The molecule has 184 valence electrons. The molecule has 0 aromatic heterocycles. The van der Waals surface area contributed by atoms with E-state index in [2.05, 4.69) is 37.8 Å². The molecule has 1 aromatic carbocycles. The van der Waals surface area contributed by atoms with E-state index in [1.165, 1.54) is 18.4 Å². The molecule has 0 spiro atoms. The SMILES string of the molecule is COCCCOc1cc(C[C@@H](C[C@H](N)[C@@H](O)CN2CCCC(C)C2)C(C)C)ccc1OC. The zero-order valence-corrected chi connectivity index (χ0v) is 20.9. The topological polar surface area (TPSA) is 77.2 Å². The molecule has 1 heterocycles. The molecule has 3 N–H and O–H groups in total. The van der Waals surface area contributed by atoms with Crippen molar-refractivity contribution in [2.75, 3.05) is 47.1 Å². The molecule has 1 unspecified atom stereocenters. The average molecular weight is 451 g/mol. The van der Waals surface area contributed by atoms with Crippen molar-refractivity contribution in [3.05, 3.63) is 23.8 Å². The number of aliphatic hydroxyl groups excluding tert-OH is 1. The van der Waals surface area contributed by atoms with Crippen molar-refractivity contribution in [1.29, 1.82) is 0 Å². The molecule has 1 aliphatic rings. The number of β-amino-alcohol motifs (C(OH)–C–C–N with tert-alkyl or cyclic N) is 1. The van der Waals surface area contributed by atoms with Crippen LogP contribution in [-0.4, -0.2) is 69.2 Å².